The van der Waals surface area contributed by atoms with Gasteiger partial charge in [-0.15, -0.1) is 0 Å². The van der Waals surface area contributed by atoms with Gasteiger partial charge in [-0.3, -0.25) is 9.89 Å². The Labute approximate surface area is 79.5 Å². The molecule has 1 atom stereocenters. The molecule has 2 amide bonds. The quantitative estimate of drug-likeness (QED) is 0.548. The SMILES string of the molecule is C[C@@H](NC(=O)Nc1cn[nH]c1)C(=O)O. The van der Waals surface area contributed by atoms with Crippen molar-refractivity contribution in [2.45, 2.75) is 13.0 Å². The molecule has 14 heavy (non-hydrogen) atoms. The van der Waals surface area contributed by atoms with Gasteiger partial charge >= 0.3 is 12.0 Å². The number of rotatable bonds is 3. The number of aromatic nitrogens is 2. The number of hydrogen-bond donors (Lipinski definition) is 4. The number of carboxylic acid groups (broad SMARTS) is 1. The van der Waals surface area contributed by atoms with Crippen LogP contribution in [0, 0.1) is 0 Å². The molecule has 0 bridgehead atoms. The summed E-state index contributed by atoms with van der Waals surface area (Å²) < 4.78 is 0. The summed E-state index contributed by atoms with van der Waals surface area (Å²) in [5.41, 5.74) is 0.472. The zero-order valence-electron chi connectivity index (χ0n) is 7.44. The second-order valence-corrected chi connectivity index (χ2v) is 2.65. The largest absolute Gasteiger partial charge is 0.480 e. The predicted molar refractivity (Wildman–Crippen MR) is 47.8 cm³/mol. The summed E-state index contributed by atoms with van der Waals surface area (Å²) in [4.78, 5) is 21.5. The number of anilines is 1. The molecule has 0 aliphatic carbocycles. The first kappa shape index (κ1) is 10.0. The van der Waals surface area contributed by atoms with Crippen molar-refractivity contribution in [2.24, 2.45) is 0 Å². The molecular weight excluding hydrogens is 188 g/mol. The van der Waals surface area contributed by atoms with E-state index in [0.717, 1.165) is 0 Å². The normalized spacial score (nSPS) is 11.8. The van der Waals surface area contributed by atoms with Gasteiger partial charge in [-0.1, -0.05) is 0 Å². The first-order chi connectivity index (χ1) is 6.59. The van der Waals surface area contributed by atoms with Crippen LogP contribution in [-0.2, 0) is 4.79 Å². The van der Waals surface area contributed by atoms with Gasteiger partial charge in [0, 0.05) is 6.20 Å². The molecule has 1 heterocycles. The van der Waals surface area contributed by atoms with Crippen LogP contribution in [0.2, 0.25) is 0 Å². The summed E-state index contributed by atoms with van der Waals surface area (Å²) in [6.45, 7) is 1.37. The van der Waals surface area contributed by atoms with Gasteiger partial charge in [0.05, 0.1) is 11.9 Å². The summed E-state index contributed by atoms with van der Waals surface area (Å²) in [5, 5.41) is 19.2. The fourth-order valence-electron chi connectivity index (χ4n) is 0.745. The Morgan fingerprint density at radius 3 is 2.86 bits per heavy atom. The van der Waals surface area contributed by atoms with Crippen molar-refractivity contribution in [1.82, 2.24) is 15.5 Å². The van der Waals surface area contributed by atoms with Gasteiger partial charge in [0.25, 0.3) is 0 Å². The standard InChI is InChI=1S/C7H10N4O3/c1-4(6(12)13)10-7(14)11-5-2-8-9-3-5/h2-4H,1H3,(H,8,9)(H,12,13)(H2,10,11,14)/t4-/m1/s1. The summed E-state index contributed by atoms with van der Waals surface area (Å²) in [7, 11) is 0. The average Bonchev–Trinajstić information content (AvgIpc) is 2.56. The Morgan fingerprint density at radius 1 is 1.64 bits per heavy atom. The number of amides is 2. The van der Waals surface area contributed by atoms with Crippen molar-refractivity contribution in [3.63, 3.8) is 0 Å². The number of hydrogen-bond acceptors (Lipinski definition) is 3. The van der Waals surface area contributed by atoms with Crippen LogP contribution in [0.15, 0.2) is 12.4 Å². The smallest absolute Gasteiger partial charge is 0.325 e. The topological polar surface area (TPSA) is 107 Å². The molecule has 1 aromatic heterocycles. The maximum atomic E-state index is 11.1. The Hall–Kier alpha value is -2.05. The van der Waals surface area contributed by atoms with E-state index in [-0.39, 0.29) is 0 Å². The number of H-pyrrole nitrogens is 1. The van der Waals surface area contributed by atoms with E-state index in [1.807, 2.05) is 0 Å². The highest BCUT2D eigenvalue weighted by Crippen LogP contribution is 2.00. The Morgan fingerprint density at radius 2 is 2.36 bits per heavy atom. The fourth-order valence-corrected chi connectivity index (χ4v) is 0.745. The molecular formula is C7H10N4O3. The second kappa shape index (κ2) is 4.26. The minimum atomic E-state index is -1.09. The monoisotopic (exact) mass is 198 g/mol. The van der Waals surface area contributed by atoms with E-state index in [0.29, 0.717) is 5.69 Å². The molecule has 0 radical (unpaired) electrons. The van der Waals surface area contributed by atoms with Crippen molar-refractivity contribution in [2.75, 3.05) is 5.32 Å². The third-order valence-electron chi connectivity index (χ3n) is 1.47. The van der Waals surface area contributed by atoms with E-state index < -0.39 is 18.0 Å². The average molecular weight is 198 g/mol. The van der Waals surface area contributed by atoms with Crippen LogP contribution in [0.5, 0.6) is 0 Å². The van der Waals surface area contributed by atoms with Gasteiger partial charge in [-0.05, 0) is 6.92 Å². The molecule has 7 heteroatoms. The highest BCUT2D eigenvalue weighted by molar-refractivity contribution is 5.91. The number of aromatic amines is 1. The molecule has 1 rings (SSSR count). The van der Waals surface area contributed by atoms with E-state index in [2.05, 4.69) is 20.8 Å². The van der Waals surface area contributed by atoms with Crippen molar-refractivity contribution < 1.29 is 14.7 Å². The van der Waals surface area contributed by atoms with Crippen LogP contribution < -0.4 is 10.6 Å². The van der Waals surface area contributed by atoms with Gasteiger partial charge in [-0.2, -0.15) is 5.10 Å². The number of carboxylic acids is 1. The second-order valence-electron chi connectivity index (χ2n) is 2.65. The lowest BCUT2D eigenvalue weighted by atomic mass is 10.3. The van der Waals surface area contributed by atoms with Gasteiger partial charge in [0.15, 0.2) is 0 Å². The maximum Gasteiger partial charge on any atom is 0.325 e. The highest BCUT2D eigenvalue weighted by atomic mass is 16.4. The lowest BCUT2D eigenvalue weighted by molar-refractivity contribution is -0.138. The van der Waals surface area contributed by atoms with E-state index in [1.165, 1.54) is 19.3 Å². The summed E-state index contributed by atoms with van der Waals surface area (Å²) in [6, 6.07) is -1.51. The van der Waals surface area contributed by atoms with E-state index >= 15 is 0 Å². The highest BCUT2D eigenvalue weighted by Gasteiger charge is 2.13. The molecule has 1 aromatic rings. The van der Waals surface area contributed by atoms with Crippen LogP contribution >= 0.6 is 0 Å². The van der Waals surface area contributed by atoms with Crippen LogP contribution in [0.1, 0.15) is 6.92 Å². The molecule has 7 nitrogen and oxygen atoms in total. The van der Waals surface area contributed by atoms with E-state index in [4.69, 9.17) is 5.11 Å². The van der Waals surface area contributed by atoms with Crippen molar-refractivity contribution in [3.8, 4) is 0 Å². The Balaban J connectivity index is 2.40. The number of nitrogens with one attached hydrogen (secondary N) is 3. The summed E-state index contributed by atoms with van der Waals surface area (Å²) >= 11 is 0. The van der Waals surface area contributed by atoms with Crippen LogP contribution in [0.4, 0.5) is 10.5 Å². The number of nitrogens with zero attached hydrogens (tertiary/aromatic N) is 1. The van der Waals surface area contributed by atoms with Gasteiger partial charge in [-0.25, -0.2) is 4.79 Å². The third kappa shape index (κ3) is 2.77. The van der Waals surface area contributed by atoms with Crippen molar-refractivity contribution >= 4 is 17.7 Å². The lowest BCUT2D eigenvalue weighted by Gasteiger charge is -2.08. The Kier molecular flexibility index (Phi) is 3.05. The number of carbonyl (C=O) groups excluding carboxylic acids is 1. The minimum absolute atomic E-state index is 0.472. The first-order valence-corrected chi connectivity index (χ1v) is 3.88. The van der Waals surface area contributed by atoms with E-state index in [9.17, 15) is 9.59 Å². The molecule has 0 saturated carbocycles. The summed E-state index contributed by atoms with van der Waals surface area (Å²) in [6.07, 6.45) is 2.88. The first-order valence-electron chi connectivity index (χ1n) is 3.88. The fraction of sp³-hybridized carbons (Fsp3) is 0.286. The van der Waals surface area contributed by atoms with Gasteiger partial charge < -0.3 is 15.7 Å². The predicted octanol–water partition coefficient (Wildman–Crippen LogP) is 0.00430. The molecule has 0 spiro atoms. The zero-order valence-corrected chi connectivity index (χ0v) is 7.44. The lowest BCUT2D eigenvalue weighted by Crippen LogP contribution is -2.40. The van der Waals surface area contributed by atoms with Crippen LogP contribution in [0.3, 0.4) is 0 Å². The summed E-state index contributed by atoms with van der Waals surface area (Å²) in [5.74, 6) is -1.09. The number of carbonyl (C=O) groups is 2. The minimum Gasteiger partial charge on any atom is -0.480 e. The Bertz CT molecular complexity index is 322. The maximum absolute atomic E-state index is 11.1. The molecule has 4 N–H and O–H groups in total. The van der Waals surface area contributed by atoms with Crippen LogP contribution in [0.25, 0.3) is 0 Å². The molecule has 0 saturated heterocycles. The molecule has 76 valence electrons. The zero-order chi connectivity index (χ0) is 10.6. The third-order valence-corrected chi connectivity index (χ3v) is 1.47. The van der Waals surface area contributed by atoms with Crippen LogP contribution in [-0.4, -0.2) is 33.3 Å². The van der Waals surface area contributed by atoms with Crippen molar-refractivity contribution in [1.29, 1.82) is 0 Å². The van der Waals surface area contributed by atoms with E-state index in [1.54, 1.807) is 0 Å². The van der Waals surface area contributed by atoms with Gasteiger partial charge in [0.1, 0.15) is 6.04 Å². The number of urea groups is 1. The van der Waals surface area contributed by atoms with Crippen molar-refractivity contribution in [3.05, 3.63) is 12.4 Å². The molecule has 0 aliphatic rings. The van der Waals surface area contributed by atoms with Gasteiger partial charge in [0.2, 0.25) is 0 Å². The molecule has 0 fully saturated rings. The number of aliphatic carboxylic acids is 1. The molecule has 0 aliphatic heterocycles. The molecule has 0 aromatic carbocycles. The molecule has 0 unspecified atom stereocenters.